The van der Waals surface area contributed by atoms with E-state index in [4.69, 9.17) is 4.52 Å². The Morgan fingerprint density at radius 1 is 1.25 bits per heavy atom. The fourth-order valence-corrected chi connectivity index (χ4v) is 3.40. The van der Waals surface area contributed by atoms with Gasteiger partial charge in [-0.3, -0.25) is 4.90 Å². The Bertz CT molecular complexity index is 630. The summed E-state index contributed by atoms with van der Waals surface area (Å²) in [6.07, 6.45) is 5.56. The molecule has 130 valence electrons. The van der Waals surface area contributed by atoms with E-state index < -0.39 is 0 Å². The average molecular weight is 329 g/mol. The lowest BCUT2D eigenvalue weighted by Crippen LogP contribution is -2.36. The summed E-state index contributed by atoms with van der Waals surface area (Å²) in [5.74, 6) is 2.65. The molecule has 0 bridgehead atoms. The number of phenols is 1. The van der Waals surface area contributed by atoms with Gasteiger partial charge in [0.1, 0.15) is 5.75 Å². The zero-order valence-corrected chi connectivity index (χ0v) is 14.6. The Hall–Kier alpha value is -1.88. The fraction of sp³-hybridized carbons (Fsp3) is 0.579. The molecule has 1 N–H and O–H groups in total. The molecule has 24 heavy (non-hydrogen) atoms. The molecule has 0 radical (unpaired) electrons. The van der Waals surface area contributed by atoms with Gasteiger partial charge < -0.3 is 9.63 Å². The zero-order chi connectivity index (χ0) is 16.9. The predicted molar refractivity (Wildman–Crippen MR) is 92.8 cm³/mol. The summed E-state index contributed by atoms with van der Waals surface area (Å²) >= 11 is 0. The summed E-state index contributed by atoms with van der Waals surface area (Å²) in [5.41, 5.74) is 1.31. The number of benzene rings is 1. The van der Waals surface area contributed by atoms with Crippen molar-refractivity contribution in [3.05, 3.63) is 41.5 Å². The maximum absolute atomic E-state index is 9.34. The van der Waals surface area contributed by atoms with Crippen LogP contribution in [0, 0.1) is 5.92 Å². The minimum absolute atomic E-state index is 0.204. The second-order valence-corrected chi connectivity index (χ2v) is 6.76. The van der Waals surface area contributed by atoms with Crippen molar-refractivity contribution >= 4 is 0 Å². The third kappa shape index (κ3) is 4.15. The first-order valence-electron chi connectivity index (χ1n) is 9.00. The molecule has 5 nitrogen and oxygen atoms in total. The molecule has 1 saturated heterocycles. The molecule has 0 unspecified atom stereocenters. The van der Waals surface area contributed by atoms with Crippen LogP contribution in [0.25, 0.3) is 0 Å². The van der Waals surface area contributed by atoms with E-state index in [-0.39, 0.29) is 6.04 Å². The van der Waals surface area contributed by atoms with Gasteiger partial charge in [0, 0.05) is 6.42 Å². The molecular formula is C19H27N3O2. The van der Waals surface area contributed by atoms with Gasteiger partial charge in [0.15, 0.2) is 5.82 Å². The van der Waals surface area contributed by atoms with Gasteiger partial charge in [0.25, 0.3) is 0 Å². The number of hydrogen-bond acceptors (Lipinski definition) is 5. The minimum Gasteiger partial charge on any atom is -0.508 e. The topological polar surface area (TPSA) is 62.4 Å². The van der Waals surface area contributed by atoms with Crippen molar-refractivity contribution in [2.24, 2.45) is 5.92 Å². The molecular weight excluding hydrogens is 302 g/mol. The van der Waals surface area contributed by atoms with Crippen LogP contribution in [0.5, 0.6) is 5.75 Å². The molecule has 1 aliphatic heterocycles. The third-order valence-corrected chi connectivity index (χ3v) is 5.13. The highest BCUT2D eigenvalue weighted by Gasteiger charge is 2.26. The summed E-state index contributed by atoms with van der Waals surface area (Å²) in [6.45, 7) is 6.37. The Labute approximate surface area is 143 Å². The van der Waals surface area contributed by atoms with Crippen LogP contribution in [-0.2, 0) is 12.8 Å². The van der Waals surface area contributed by atoms with Crippen molar-refractivity contribution in [3.63, 3.8) is 0 Å². The van der Waals surface area contributed by atoms with E-state index in [1.54, 1.807) is 12.1 Å². The van der Waals surface area contributed by atoms with Crippen LogP contribution in [0.15, 0.2) is 28.8 Å². The number of hydrogen-bond donors (Lipinski definition) is 1. The van der Waals surface area contributed by atoms with Gasteiger partial charge >= 0.3 is 0 Å². The van der Waals surface area contributed by atoms with E-state index in [2.05, 4.69) is 22.0 Å². The number of nitrogens with zero attached hydrogens (tertiary/aromatic N) is 3. The van der Waals surface area contributed by atoms with E-state index in [1.807, 2.05) is 19.1 Å². The van der Waals surface area contributed by atoms with E-state index in [0.29, 0.717) is 5.75 Å². The van der Waals surface area contributed by atoms with Gasteiger partial charge in [-0.25, -0.2) is 0 Å². The highest BCUT2D eigenvalue weighted by Crippen LogP contribution is 2.28. The maximum atomic E-state index is 9.34. The van der Waals surface area contributed by atoms with Gasteiger partial charge in [-0.2, -0.15) is 4.98 Å². The van der Waals surface area contributed by atoms with Gasteiger partial charge in [-0.1, -0.05) is 24.2 Å². The highest BCUT2D eigenvalue weighted by atomic mass is 16.5. The molecule has 0 spiro atoms. The molecule has 3 rings (SSSR count). The lowest BCUT2D eigenvalue weighted by atomic mass is 9.90. The van der Waals surface area contributed by atoms with Gasteiger partial charge in [-0.15, -0.1) is 0 Å². The zero-order valence-electron chi connectivity index (χ0n) is 14.6. The molecule has 1 aromatic carbocycles. The van der Waals surface area contributed by atoms with Crippen LogP contribution < -0.4 is 0 Å². The standard InChI is InChI=1S/C19H27N3O2/c1-3-18-20-19(24-21-18)14(2)22-12-10-16(11-13-22)5-4-15-6-8-17(23)9-7-15/h6-9,14,16,23H,3-5,10-13H2,1-2H3/t14-/m0/s1. The molecule has 1 fully saturated rings. The largest absolute Gasteiger partial charge is 0.508 e. The Morgan fingerprint density at radius 2 is 1.96 bits per heavy atom. The summed E-state index contributed by atoms with van der Waals surface area (Å²) in [6, 6.07) is 7.79. The van der Waals surface area contributed by atoms with Crippen LogP contribution in [-0.4, -0.2) is 33.2 Å². The first kappa shape index (κ1) is 17.0. The van der Waals surface area contributed by atoms with E-state index in [1.165, 1.54) is 24.8 Å². The average Bonchev–Trinajstić information content (AvgIpc) is 3.10. The van der Waals surface area contributed by atoms with Gasteiger partial charge in [0.2, 0.25) is 5.89 Å². The Balaban J connectivity index is 1.45. The predicted octanol–water partition coefficient (Wildman–Crippen LogP) is 3.74. The smallest absolute Gasteiger partial charge is 0.243 e. The summed E-state index contributed by atoms with van der Waals surface area (Å²) in [4.78, 5) is 6.91. The van der Waals surface area contributed by atoms with Crippen molar-refractivity contribution in [1.82, 2.24) is 15.0 Å². The molecule has 2 aromatic rings. The first-order valence-corrected chi connectivity index (χ1v) is 9.00. The van der Waals surface area contributed by atoms with E-state index >= 15 is 0 Å². The van der Waals surface area contributed by atoms with Crippen LogP contribution in [0.1, 0.15) is 56.4 Å². The molecule has 1 atom stereocenters. The monoisotopic (exact) mass is 329 g/mol. The molecule has 1 aromatic heterocycles. The van der Waals surface area contributed by atoms with Crippen molar-refractivity contribution in [2.75, 3.05) is 13.1 Å². The fourth-order valence-electron chi connectivity index (χ4n) is 3.40. The lowest BCUT2D eigenvalue weighted by Gasteiger charge is -2.34. The molecule has 0 amide bonds. The lowest BCUT2D eigenvalue weighted by molar-refractivity contribution is 0.117. The van der Waals surface area contributed by atoms with Crippen LogP contribution in [0.4, 0.5) is 0 Å². The number of aryl methyl sites for hydroxylation is 2. The number of piperidine rings is 1. The summed E-state index contributed by atoms with van der Waals surface area (Å²) in [7, 11) is 0. The first-order chi connectivity index (χ1) is 11.7. The SMILES string of the molecule is CCc1noc([C@H](C)N2CCC(CCc3ccc(O)cc3)CC2)n1. The van der Waals surface area contributed by atoms with Crippen molar-refractivity contribution < 1.29 is 9.63 Å². The molecule has 1 aliphatic rings. The quantitative estimate of drug-likeness (QED) is 0.874. The molecule has 5 heteroatoms. The molecule has 2 heterocycles. The van der Waals surface area contributed by atoms with Gasteiger partial charge in [0.05, 0.1) is 6.04 Å². The number of likely N-dealkylation sites (tertiary alicyclic amines) is 1. The van der Waals surface area contributed by atoms with Crippen LogP contribution >= 0.6 is 0 Å². The summed E-state index contributed by atoms with van der Waals surface area (Å²) < 4.78 is 5.39. The van der Waals surface area contributed by atoms with Crippen molar-refractivity contribution in [2.45, 2.75) is 52.0 Å². The second-order valence-electron chi connectivity index (χ2n) is 6.76. The number of aromatic hydroxyl groups is 1. The minimum atomic E-state index is 0.204. The normalized spacial score (nSPS) is 17.9. The van der Waals surface area contributed by atoms with Crippen molar-refractivity contribution in [1.29, 1.82) is 0 Å². The van der Waals surface area contributed by atoms with E-state index in [9.17, 15) is 5.11 Å². The maximum Gasteiger partial charge on any atom is 0.243 e. The van der Waals surface area contributed by atoms with Gasteiger partial charge in [-0.05, 0) is 69.3 Å². The molecule has 0 aliphatic carbocycles. The number of phenolic OH excluding ortho intramolecular Hbond substituents is 1. The highest BCUT2D eigenvalue weighted by molar-refractivity contribution is 5.25. The number of aromatic nitrogens is 2. The third-order valence-electron chi connectivity index (χ3n) is 5.13. The van der Waals surface area contributed by atoms with E-state index in [0.717, 1.165) is 43.6 Å². The van der Waals surface area contributed by atoms with Crippen LogP contribution in [0.2, 0.25) is 0 Å². The summed E-state index contributed by atoms with van der Waals surface area (Å²) in [5, 5.41) is 13.3. The van der Waals surface area contributed by atoms with Crippen molar-refractivity contribution in [3.8, 4) is 5.75 Å². The van der Waals surface area contributed by atoms with Crippen LogP contribution in [0.3, 0.4) is 0 Å². The second kappa shape index (κ2) is 7.79. The molecule has 0 saturated carbocycles. The Morgan fingerprint density at radius 3 is 2.58 bits per heavy atom. The number of rotatable bonds is 6. The Kier molecular flexibility index (Phi) is 5.51.